The molecule has 1 amide bonds. The Morgan fingerprint density at radius 2 is 1.83 bits per heavy atom. The molecule has 2 saturated heterocycles. The van der Waals surface area contributed by atoms with Gasteiger partial charge in [0.1, 0.15) is 5.69 Å². The van der Waals surface area contributed by atoms with Crippen molar-refractivity contribution < 1.29 is 9.21 Å². The Labute approximate surface area is 141 Å². The van der Waals surface area contributed by atoms with Crippen LogP contribution in [-0.2, 0) is 4.79 Å². The number of hydrogen-bond acceptors (Lipinski definition) is 5. The van der Waals surface area contributed by atoms with E-state index in [-0.39, 0.29) is 5.92 Å². The van der Waals surface area contributed by atoms with Crippen LogP contribution in [0.1, 0.15) is 25.7 Å². The van der Waals surface area contributed by atoms with Gasteiger partial charge in [-0.3, -0.25) is 4.79 Å². The van der Waals surface area contributed by atoms with E-state index in [9.17, 15) is 4.79 Å². The molecule has 2 fully saturated rings. The molecule has 2 aliphatic rings. The highest BCUT2D eigenvalue weighted by molar-refractivity contribution is 5.79. The van der Waals surface area contributed by atoms with Gasteiger partial charge in [-0.15, -0.1) is 10.2 Å². The summed E-state index contributed by atoms with van der Waals surface area (Å²) in [4.78, 5) is 16.7. The summed E-state index contributed by atoms with van der Waals surface area (Å²) < 4.78 is 5.34. The molecular formula is C18H22N4O2. The van der Waals surface area contributed by atoms with Gasteiger partial charge in [-0.1, -0.05) is 0 Å². The first-order chi connectivity index (χ1) is 11.8. The largest absolute Gasteiger partial charge is 0.463 e. The Hall–Kier alpha value is -2.37. The lowest BCUT2D eigenvalue weighted by Gasteiger charge is -2.33. The summed E-state index contributed by atoms with van der Waals surface area (Å²) in [5, 5.41) is 8.58. The third kappa shape index (κ3) is 3.00. The minimum atomic E-state index is 0.176. The SMILES string of the molecule is O=C(C1CCN(c2ccc(-c3ccco3)nn2)CC1)N1CCCC1. The van der Waals surface area contributed by atoms with Crippen molar-refractivity contribution in [2.24, 2.45) is 5.92 Å². The average molecular weight is 326 g/mol. The molecule has 0 N–H and O–H groups in total. The van der Waals surface area contributed by atoms with Crippen molar-refractivity contribution in [2.45, 2.75) is 25.7 Å². The molecule has 6 heteroatoms. The van der Waals surface area contributed by atoms with E-state index in [1.54, 1.807) is 6.26 Å². The van der Waals surface area contributed by atoms with Crippen LogP contribution >= 0.6 is 0 Å². The van der Waals surface area contributed by atoms with Crippen molar-refractivity contribution in [1.82, 2.24) is 15.1 Å². The lowest BCUT2D eigenvalue weighted by atomic mass is 9.95. The maximum Gasteiger partial charge on any atom is 0.225 e. The maximum atomic E-state index is 12.5. The quantitative estimate of drug-likeness (QED) is 0.867. The van der Waals surface area contributed by atoms with Crippen molar-refractivity contribution in [3.63, 3.8) is 0 Å². The van der Waals surface area contributed by atoms with E-state index in [1.165, 1.54) is 0 Å². The highest BCUT2D eigenvalue weighted by atomic mass is 16.3. The van der Waals surface area contributed by atoms with Crippen molar-refractivity contribution in [1.29, 1.82) is 0 Å². The Morgan fingerprint density at radius 3 is 2.46 bits per heavy atom. The van der Waals surface area contributed by atoms with E-state index in [0.717, 1.165) is 69.1 Å². The first-order valence-corrected chi connectivity index (χ1v) is 8.72. The second-order valence-electron chi connectivity index (χ2n) is 6.55. The molecule has 0 aliphatic carbocycles. The van der Waals surface area contributed by atoms with Gasteiger partial charge in [-0.2, -0.15) is 0 Å². The fraction of sp³-hybridized carbons (Fsp3) is 0.500. The van der Waals surface area contributed by atoms with E-state index in [1.807, 2.05) is 29.2 Å². The molecule has 0 unspecified atom stereocenters. The number of carbonyl (C=O) groups is 1. The number of anilines is 1. The fourth-order valence-electron chi connectivity index (χ4n) is 3.60. The molecule has 0 radical (unpaired) electrons. The molecule has 2 aliphatic heterocycles. The average Bonchev–Trinajstić information content (AvgIpc) is 3.35. The number of carbonyl (C=O) groups excluding carboxylic acids is 1. The molecule has 4 rings (SSSR count). The summed E-state index contributed by atoms with van der Waals surface area (Å²) in [6.45, 7) is 3.61. The van der Waals surface area contributed by atoms with Gasteiger partial charge in [0.05, 0.1) is 6.26 Å². The van der Waals surface area contributed by atoms with Crippen LogP contribution in [0.15, 0.2) is 34.9 Å². The molecule has 0 saturated carbocycles. The lowest BCUT2D eigenvalue weighted by Crippen LogP contribution is -2.42. The van der Waals surface area contributed by atoms with Crippen molar-refractivity contribution in [2.75, 3.05) is 31.1 Å². The number of nitrogens with zero attached hydrogens (tertiary/aromatic N) is 4. The molecule has 0 spiro atoms. The van der Waals surface area contributed by atoms with E-state index >= 15 is 0 Å². The third-order valence-corrected chi connectivity index (χ3v) is 5.01. The molecule has 24 heavy (non-hydrogen) atoms. The van der Waals surface area contributed by atoms with Crippen LogP contribution < -0.4 is 4.90 Å². The summed E-state index contributed by atoms with van der Waals surface area (Å²) >= 11 is 0. The summed E-state index contributed by atoms with van der Waals surface area (Å²) in [5.74, 6) is 2.13. The zero-order valence-electron chi connectivity index (χ0n) is 13.7. The molecule has 0 aromatic carbocycles. The number of rotatable bonds is 3. The van der Waals surface area contributed by atoms with E-state index < -0.39 is 0 Å². The van der Waals surface area contributed by atoms with E-state index in [2.05, 4.69) is 15.1 Å². The van der Waals surface area contributed by atoms with Crippen LogP contribution in [0.5, 0.6) is 0 Å². The van der Waals surface area contributed by atoms with Gasteiger partial charge in [0, 0.05) is 32.1 Å². The Kier molecular flexibility index (Phi) is 4.19. The van der Waals surface area contributed by atoms with E-state index in [4.69, 9.17) is 4.42 Å². The highest BCUT2D eigenvalue weighted by Gasteiger charge is 2.30. The van der Waals surface area contributed by atoms with Crippen molar-refractivity contribution in [3.05, 3.63) is 30.5 Å². The lowest BCUT2D eigenvalue weighted by molar-refractivity contribution is -0.135. The topological polar surface area (TPSA) is 62.5 Å². The van der Waals surface area contributed by atoms with Crippen LogP contribution in [0.3, 0.4) is 0 Å². The van der Waals surface area contributed by atoms with Gasteiger partial charge in [0.25, 0.3) is 0 Å². The van der Waals surface area contributed by atoms with Gasteiger partial charge >= 0.3 is 0 Å². The molecule has 4 heterocycles. The second kappa shape index (κ2) is 6.63. The number of hydrogen-bond donors (Lipinski definition) is 0. The number of furan rings is 1. The first kappa shape index (κ1) is 15.2. The Morgan fingerprint density at radius 1 is 1.04 bits per heavy atom. The van der Waals surface area contributed by atoms with Crippen LogP contribution in [0.25, 0.3) is 11.5 Å². The van der Waals surface area contributed by atoms with Gasteiger partial charge in [0.2, 0.25) is 5.91 Å². The third-order valence-electron chi connectivity index (χ3n) is 5.01. The smallest absolute Gasteiger partial charge is 0.225 e. The fourth-order valence-corrected chi connectivity index (χ4v) is 3.60. The number of amides is 1. The number of likely N-dealkylation sites (tertiary alicyclic amines) is 1. The Balaban J connectivity index is 1.36. The van der Waals surface area contributed by atoms with Crippen molar-refractivity contribution in [3.8, 4) is 11.5 Å². The van der Waals surface area contributed by atoms with Crippen LogP contribution in [0, 0.1) is 5.92 Å². The molecule has 2 aromatic heterocycles. The standard InChI is InChI=1S/C18H22N4O2/c23-18(22-9-1-2-10-22)14-7-11-21(12-8-14)17-6-5-15(19-20-17)16-4-3-13-24-16/h3-6,13-14H,1-2,7-12H2. The minimum absolute atomic E-state index is 0.176. The molecule has 0 atom stereocenters. The van der Waals surface area contributed by atoms with Crippen LogP contribution in [0.4, 0.5) is 5.82 Å². The summed E-state index contributed by atoms with van der Waals surface area (Å²) in [6.07, 6.45) is 5.74. The predicted octanol–water partition coefficient (Wildman–Crippen LogP) is 2.58. The molecule has 6 nitrogen and oxygen atoms in total. The van der Waals surface area contributed by atoms with Gasteiger partial charge in [-0.05, 0) is 49.9 Å². The molecule has 0 bridgehead atoms. The number of aromatic nitrogens is 2. The van der Waals surface area contributed by atoms with E-state index in [0.29, 0.717) is 5.91 Å². The Bertz CT molecular complexity index is 670. The summed E-state index contributed by atoms with van der Waals surface area (Å²) in [6, 6.07) is 7.63. The maximum absolute atomic E-state index is 12.5. The van der Waals surface area contributed by atoms with Crippen LogP contribution in [-0.4, -0.2) is 47.2 Å². The predicted molar refractivity (Wildman–Crippen MR) is 90.5 cm³/mol. The summed E-state index contributed by atoms with van der Waals surface area (Å²) in [7, 11) is 0. The zero-order chi connectivity index (χ0) is 16.4. The minimum Gasteiger partial charge on any atom is -0.463 e. The molecular weight excluding hydrogens is 304 g/mol. The normalized spacial score (nSPS) is 19.0. The highest BCUT2D eigenvalue weighted by Crippen LogP contribution is 2.25. The molecule has 2 aromatic rings. The van der Waals surface area contributed by atoms with Gasteiger partial charge < -0.3 is 14.2 Å². The second-order valence-corrected chi connectivity index (χ2v) is 6.55. The van der Waals surface area contributed by atoms with Gasteiger partial charge in [0.15, 0.2) is 11.6 Å². The zero-order valence-corrected chi connectivity index (χ0v) is 13.7. The van der Waals surface area contributed by atoms with Gasteiger partial charge in [-0.25, -0.2) is 0 Å². The summed E-state index contributed by atoms with van der Waals surface area (Å²) in [5.41, 5.74) is 0.739. The van der Waals surface area contributed by atoms with Crippen molar-refractivity contribution >= 4 is 11.7 Å². The monoisotopic (exact) mass is 326 g/mol. The number of piperidine rings is 1. The molecule has 126 valence electrons. The first-order valence-electron chi connectivity index (χ1n) is 8.72. The van der Waals surface area contributed by atoms with Crippen LogP contribution in [0.2, 0.25) is 0 Å².